The van der Waals surface area contributed by atoms with Gasteiger partial charge in [-0.15, -0.1) is 0 Å². The highest BCUT2D eigenvalue weighted by Gasteiger charge is 2.39. The Labute approximate surface area is 175 Å². The smallest absolute Gasteiger partial charge is 0.278 e. The van der Waals surface area contributed by atoms with Crippen molar-refractivity contribution in [3.05, 3.63) is 69.3 Å². The molecular weight excluding hydrogens is 395 g/mol. The molecule has 1 heterocycles. The van der Waals surface area contributed by atoms with Gasteiger partial charge in [0, 0.05) is 22.8 Å². The number of carbonyl (C=O) groups excluding carboxylic acids is 2. The third kappa shape index (κ3) is 3.80. The van der Waals surface area contributed by atoms with E-state index in [2.05, 4.69) is 26.1 Å². The van der Waals surface area contributed by atoms with Gasteiger partial charge in [-0.3, -0.25) is 14.5 Å². The molecule has 1 aliphatic rings. The van der Waals surface area contributed by atoms with Crippen molar-refractivity contribution in [2.45, 2.75) is 33.1 Å². The molecule has 0 radical (unpaired) electrons. The van der Waals surface area contributed by atoms with E-state index in [-0.39, 0.29) is 35.0 Å². The minimum atomic E-state index is -0.370. The number of amides is 2. The highest BCUT2D eigenvalue weighted by Crippen LogP contribution is 2.35. The molecule has 3 rings (SSSR count). The van der Waals surface area contributed by atoms with Crippen LogP contribution < -0.4 is 5.32 Å². The third-order valence-corrected chi connectivity index (χ3v) is 5.25. The van der Waals surface area contributed by atoms with Crippen LogP contribution in [0.15, 0.2) is 48.2 Å². The zero-order chi connectivity index (χ0) is 20.6. The van der Waals surface area contributed by atoms with E-state index >= 15 is 0 Å². The predicted molar refractivity (Wildman–Crippen MR) is 115 cm³/mol. The first kappa shape index (κ1) is 20.4. The molecule has 0 atom stereocenters. The van der Waals surface area contributed by atoms with Gasteiger partial charge >= 0.3 is 0 Å². The standard InChI is InChI=1S/C22H22Cl2N2O2/c1-5-26-20(27)18(16-11-8-14(23)12-17(16)24)19(21(26)28)25-15-9-6-13(7-10-15)22(2,3)4/h6-12,25H,5H2,1-4H3. The monoisotopic (exact) mass is 416 g/mol. The van der Waals surface area contributed by atoms with Crippen molar-refractivity contribution in [1.82, 2.24) is 4.90 Å². The van der Waals surface area contributed by atoms with Gasteiger partial charge in [0.1, 0.15) is 5.70 Å². The predicted octanol–water partition coefficient (Wildman–Crippen LogP) is 5.50. The van der Waals surface area contributed by atoms with Gasteiger partial charge in [-0.25, -0.2) is 0 Å². The number of nitrogens with zero attached hydrogens (tertiary/aromatic N) is 1. The molecular formula is C22H22Cl2N2O2. The molecule has 0 unspecified atom stereocenters. The number of likely N-dealkylation sites (N-methyl/N-ethyl adjacent to an activating group) is 1. The van der Waals surface area contributed by atoms with Crippen molar-refractivity contribution in [2.24, 2.45) is 0 Å². The number of anilines is 1. The van der Waals surface area contributed by atoms with E-state index in [4.69, 9.17) is 23.2 Å². The molecule has 0 saturated heterocycles. The zero-order valence-corrected chi connectivity index (χ0v) is 17.8. The lowest BCUT2D eigenvalue weighted by atomic mass is 9.87. The van der Waals surface area contributed by atoms with Crippen molar-refractivity contribution in [3.8, 4) is 0 Å². The molecule has 2 aromatic carbocycles. The second-order valence-corrected chi connectivity index (χ2v) is 8.52. The Balaban J connectivity index is 2.06. The number of hydrogen-bond donors (Lipinski definition) is 1. The van der Waals surface area contributed by atoms with Crippen LogP contribution in [0, 0.1) is 0 Å². The van der Waals surface area contributed by atoms with Crippen molar-refractivity contribution < 1.29 is 9.59 Å². The van der Waals surface area contributed by atoms with Crippen molar-refractivity contribution >= 4 is 46.3 Å². The van der Waals surface area contributed by atoms with Gasteiger partial charge in [0.05, 0.1) is 10.6 Å². The van der Waals surface area contributed by atoms with E-state index in [1.54, 1.807) is 25.1 Å². The maximum Gasteiger partial charge on any atom is 0.278 e. The lowest BCUT2D eigenvalue weighted by Crippen LogP contribution is -2.32. The van der Waals surface area contributed by atoms with Gasteiger partial charge in [-0.05, 0) is 42.2 Å². The molecule has 1 aliphatic heterocycles. The summed E-state index contributed by atoms with van der Waals surface area (Å²) in [5.41, 5.74) is 2.89. The molecule has 4 nitrogen and oxygen atoms in total. The number of rotatable bonds is 4. The zero-order valence-electron chi connectivity index (χ0n) is 16.3. The highest BCUT2D eigenvalue weighted by atomic mass is 35.5. The molecule has 0 saturated carbocycles. The highest BCUT2D eigenvalue weighted by molar-refractivity contribution is 6.41. The Kier molecular flexibility index (Phi) is 5.55. The van der Waals surface area contributed by atoms with Crippen molar-refractivity contribution in [3.63, 3.8) is 0 Å². The first-order chi connectivity index (χ1) is 13.1. The Hall–Kier alpha value is -2.30. The average Bonchev–Trinajstić information content (AvgIpc) is 2.85. The van der Waals surface area contributed by atoms with Gasteiger partial charge in [-0.1, -0.05) is 62.2 Å². The third-order valence-electron chi connectivity index (χ3n) is 4.70. The summed E-state index contributed by atoms with van der Waals surface area (Å²) in [6.07, 6.45) is 0. The summed E-state index contributed by atoms with van der Waals surface area (Å²) in [6, 6.07) is 12.7. The summed E-state index contributed by atoms with van der Waals surface area (Å²) in [5, 5.41) is 3.92. The summed E-state index contributed by atoms with van der Waals surface area (Å²) in [6.45, 7) is 8.45. The lowest BCUT2D eigenvalue weighted by Gasteiger charge is -2.19. The molecule has 0 aliphatic carbocycles. The number of carbonyl (C=O) groups is 2. The van der Waals surface area contributed by atoms with E-state index in [9.17, 15) is 9.59 Å². The van der Waals surface area contributed by atoms with E-state index < -0.39 is 0 Å². The Morgan fingerprint density at radius 2 is 1.61 bits per heavy atom. The fourth-order valence-electron chi connectivity index (χ4n) is 3.12. The minimum absolute atomic E-state index is 0.0257. The Morgan fingerprint density at radius 1 is 0.964 bits per heavy atom. The van der Waals surface area contributed by atoms with E-state index in [0.717, 1.165) is 5.69 Å². The van der Waals surface area contributed by atoms with Crippen LogP contribution in [0.4, 0.5) is 5.69 Å². The quantitative estimate of drug-likeness (QED) is 0.668. The van der Waals surface area contributed by atoms with Gasteiger partial charge in [0.15, 0.2) is 0 Å². The Morgan fingerprint density at radius 3 is 2.14 bits per heavy atom. The molecule has 2 amide bonds. The summed E-state index contributed by atoms with van der Waals surface area (Å²) in [4.78, 5) is 26.9. The van der Waals surface area contributed by atoms with Crippen LogP contribution >= 0.6 is 23.2 Å². The molecule has 0 spiro atoms. The first-order valence-electron chi connectivity index (χ1n) is 9.07. The number of hydrogen-bond acceptors (Lipinski definition) is 3. The molecule has 28 heavy (non-hydrogen) atoms. The molecule has 0 fully saturated rings. The van der Waals surface area contributed by atoms with E-state index in [1.165, 1.54) is 10.5 Å². The van der Waals surface area contributed by atoms with Gasteiger partial charge in [0.2, 0.25) is 0 Å². The van der Waals surface area contributed by atoms with Gasteiger partial charge in [-0.2, -0.15) is 0 Å². The van der Waals surface area contributed by atoms with Crippen LogP contribution in [0.1, 0.15) is 38.8 Å². The van der Waals surface area contributed by atoms with E-state index in [1.807, 2.05) is 24.3 Å². The number of halogens is 2. The van der Waals surface area contributed by atoms with Crippen LogP contribution in [0.5, 0.6) is 0 Å². The lowest BCUT2D eigenvalue weighted by molar-refractivity contribution is -0.136. The normalized spacial score (nSPS) is 14.9. The fraction of sp³-hybridized carbons (Fsp3) is 0.273. The summed E-state index contributed by atoms with van der Waals surface area (Å²) in [5.74, 6) is -0.737. The van der Waals surface area contributed by atoms with Crippen molar-refractivity contribution in [1.29, 1.82) is 0 Å². The number of imide groups is 1. The minimum Gasteiger partial charge on any atom is -0.350 e. The summed E-state index contributed by atoms with van der Waals surface area (Å²) in [7, 11) is 0. The molecule has 0 aromatic heterocycles. The average molecular weight is 417 g/mol. The SMILES string of the molecule is CCN1C(=O)C(Nc2ccc(C(C)(C)C)cc2)=C(c2ccc(Cl)cc2Cl)C1=O. The first-order valence-corrected chi connectivity index (χ1v) is 9.82. The van der Waals surface area contributed by atoms with Gasteiger partial charge in [0.25, 0.3) is 11.8 Å². The van der Waals surface area contributed by atoms with Gasteiger partial charge < -0.3 is 5.32 Å². The van der Waals surface area contributed by atoms with Crippen LogP contribution in [0.3, 0.4) is 0 Å². The topological polar surface area (TPSA) is 49.4 Å². The maximum atomic E-state index is 12.9. The van der Waals surface area contributed by atoms with Crippen LogP contribution in [0.2, 0.25) is 10.0 Å². The van der Waals surface area contributed by atoms with E-state index in [0.29, 0.717) is 15.6 Å². The molecule has 2 aromatic rings. The van der Waals surface area contributed by atoms with Crippen molar-refractivity contribution in [2.75, 3.05) is 11.9 Å². The molecule has 6 heteroatoms. The largest absolute Gasteiger partial charge is 0.350 e. The Bertz CT molecular complexity index is 973. The summed E-state index contributed by atoms with van der Waals surface area (Å²) >= 11 is 12.3. The van der Waals surface area contributed by atoms with Crippen LogP contribution in [0.25, 0.3) is 5.57 Å². The fourth-order valence-corrected chi connectivity index (χ4v) is 3.62. The second kappa shape index (κ2) is 7.61. The van der Waals surface area contributed by atoms with Crippen LogP contribution in [-0.2, 0) is 15.0 Å². The number of nitrogens with one attached hydrogen (secondary N) is 1. The summed E-state index contributed by atoms with van der Waals surface area (Å²) < 4.78 is 0. The second-order valence-electron chi connectivity index (χ2n) is 7.68. The van der Waals surface area contributed by atoms with Crippen LogP contribution in [-0.4, -0.2) is 23.3 Å². The molecule has 1 N–H and O–H groups in total. The molecule has 0 bridgehead atoms. The number of benzene rings is 2. The maximum absolute atomic E-state index is 12.9. The molecule has 146 valence electrons.